The number of aromatic amines is 1. The number of aromatic nitrogens is 7. The second-order valence-electron chi connectivity index (χ2n) is 10.3. The number of nitrogens with zero attached hydrogens (tertiary/aromatic N) is 9. The fraction of sp³-hybridized carbons (Fsp3) is 0.560. The Bertz CT molecular complexity index is 1300. The largest absolute Gasteiger partial charge is 0.383 e. The lowest BCUT2D eigenvalue weighted by Crippen LogP contribution is -2.48. The summed E-state index contributed by atoms with van der Waals surface area (Å²) >= 11 is 0. The van der Waals surface area contributed by atoms with E-state index in [4.69, 9.17) is 14.7 Å². The lowest BCUT2D eigenvalue weighted by Gasteiger charge is -2.35. The van der Waals surface area contributed by atoms with Gasteiger partial charge in [0.25, 0.3) is 0 Å². The van der Waals surface area contributed by atoms with Crippen LogP contribution in [0.15, 0.2) is 24.7 Å². The predicted molar refractivity (Wildman–Crippen MR) is 146 cm³/mol. The molecular formula is C25H33FN12O2. The zero-order valence-corrected chi connectivity index (χ0v) is 22.3. The summed E-state index contributed by atoms with van der Waals surface area (Å²) in [5.74, 6) is 1.98. The molecule has 1 saturated carbocycles. The van der Waals surface area contributed by atoms with Gasteiger partial charge < -0.3 is 25.2 Å². The minimum absolute atomic E-state index is 0.0121. The maximum Gasteiger partial charge on any atom is 0.248 e. The number of carbonyl (C=O) groups is 1. The fourth-order valence-corrected chi connectivity index (χ4v) is 5.02. The molecular weight excluding hydrogens is 519 g/mol. The molecule has 3 aromatic rings. The van der Waals surface area contributed by atoms with E-state index in [-0.39, 0.29) is 24.9 Å². The van der Waals surface area contributed by atoms with Crippen LogP contribution in [0.1, 0.15) is 30.9 Å². The second kappa shape index (κ2) is 11.6. The van der Waals surface area contributed by atoms with Crippen molar-refractivity contribution in [1.82, 2.24) is 40.0 Å². The molecule has 1 unspecified atom stereocenters. The highest BCUT2D eigenvalue weighted by atomic mass is 19.1. The van der Waals surface area contributed by atoms with Gasteiger partial charge in [0.2, 0.25) is 23.8 Å². The monoisotopic (exact) mass is 552 g/mol. The summed E-state index contributed by atoms with van der Waals surface area (Å²) in [4.78, 5) is 41.3. The van der Waals surface area contributed by atoms with Gasteiger partial charge >= 0.3 is 0 Å². The fourth-order valence-electron chi connectivity index (χ4n) is 5.02. The second-order valence-corrected chi connectivity index (χ2v) is 10.3. The van der Waals surface area contributed by atoms with Crippen LogP contribution in [0.5, 0.6) is 0 Å². The highest BCUT2D eigenvalue weighted by Crippen LogP contribution is 2.39. The van der Waals surface area contributed by atoms with E-state index in [2.05, 4.69) is 45.6 Å². The minimum Gasteiger partial charge on any atom is -0.383 e. The molecule has 14 nitrogen and oxygen atoms in total. The number of hydrogen-bond donors (Lipinski definition) is 3. The Kier molecular flexibility index (Phi) is 7.64. The van der Waals surface area contributed by atoms with Crippen LogP contribution in [-0.2, 0) is 9.53 Å². The molecule has 2 atom stereocenters. The standard InChI is InChI=1S/C25H33FN12O2/c1-40-11-10-36-6-8-37(9-7-36)24-31-23(30-20-13-18(34-35-20)16-2-3-16)32-25(33-24)38-15-17(26)12-19(38)22(39)29-21-14-27-4-5-28-21/h4-5,13-14,16-17,19H,2-3,6-12,15H2,1H3,(H,28,29,39)(H2,30,31,32,33,34,35)/t17-,19?/m1/s1. The first-order valence-corrected chi connectivity index (χ1v) is 13.6. The van der Waals surface area contributed by atoms with Crippen molar-refractivity contribution in [3.63, 3.8) is 0 Å². The lowest BCUT2D eigenvalue weighted by molar-refractivity contribution is -0.117. The van der Waals surface area contributed by atoms with Gasteiger partial charge in [0.15, 0.2) is 11.6 Å². The van der Waals surface area contributed by atoms with Crippen LogP contribution < -0.4 is 20.4 Å². The summed E-state index contributed by atoms with van der Waals surface area (Å²) in [5.41, 5.74) is 1.07. The first-order valence-electron chi connectivity index (χ1n) is 13.6. The maximum atomic E-state index is 14.8. The molecule has 5 heterocycles. The van der Waals surface area contributed by atoms with Crippen molar-refractivity contribution in [3.05, 3.63) is 30.4 Å². The molecule has 0 aromatic carbocycles. The summed E-state index contributed by atoms with van der Waals surface area (Å²) < 4.78 is 20.0. The van der Waals surface area contributed by atoms with Crippen LogP contribution in [0.2, 0.25) is 0 Å². The topological polar surface area (TPSA) is 153 Å². The lowest BCUT2D eigenvalue weighted by atomic mass is 10.2. The highest BCUT2D eigenvalue weighted by Gasteiger charge is 2.39. The number of ether oxygens (including phenoxy) is 1. The number of nitrogens with one attached hydrogen (secondary N) is 3. The number of hydrogen-bond acceptors (Lipinski definition) is 12. The molecule has 2 aliphatic heterocycles. The molecule has 15 heteroatoms. The van der Waals surface area contributed by atoms with Crippen molar-refractivity contribution in [2.45, 2.75) is 37.4 Å². The van der Waals surface area contributed by atoms with Crippen molar-refractivity contribution in [3.8, 4) is 0 Å². The van der Waals surface area contributed by atoms with Gasteiger partial charge in [-0.05, 0) is 12.8 Å². The zero-order chi connectivity index (χ0) is 27.5. The molecule has 3 aromatic heterocycles. The number of anilines is 5. The Morgan fingerprint density at radius 2 is 1.95 bits per heavy atom. The number of carbonyl (C=O) groups excluding carboxylic acids is 1. The van der Waals surface area contributed by atoms with Crippen LogP contribution in [0.25, 0.3) is 0 Å². The van der Waals surface area contributed by atoms with Gasteiger partial charge in [-0.2, -0.15) is 20.1 Å². The van der Waals surface area contributed by atoms with E-state index in [1.807, 2.05) is 6.07 Å². The Morgan fingerprint density at radius 1 is 1.12 bits per heavy atom. The van der Waals surface area contributed by atoms with E-state index in [1.54, 1.807) is 12.0 Å². The van der Waals surface area contributed by atoms with Gasteiger partial charge in [-0.1, -0.05) is 0 Å². The molecule has 2 saturated heterocycles. The molecule has 3 aliphatic rings. The summed E-state index contributed by atoms with van der Waals surface area (Å²) in [6.07, 6.45) is 5.53. The SMILES string of the molecule is COCCN1CCN(c2nc(Nc3cc(C4CC4)[nH]n3)nc(N3C[C@H](F)CC3C(=O)Nc3cnccn3)n2)CC1. The third kappa shape index (κ3) is 6.09. The van der Waals surface area contributed by atoms with Crippen LogP contribution >= 0.6 is 0 Å². The van der Waals surface area contributed by atoms with E-state index in [1.165, 1.54) is 18.6 Å². The molecule has 0 bridgehead atoms. The van der Waals surface area contributed by atoms with E-state index < -0.39 is 18.1 Å². The number of H-pyrrole nitrogens is 1. The summed E-state index contributed by atoms with van der Waals surface area (Å²) in [5, 5.41) is 13.4. The van der Waals surface area contributed by atoms with Crippen LogP contribution in [0.4, 0.5) is 33.9 Å². The van der Waals surface area contributed by atoms with Gasteiger partial charge in [0.1, 0.15) is 12.2 Å². The van der Waals surface area contributed by atoms with Crippen LogP contribution in [0, 0.1) is 0 Å². The smallest absolute Gasteiger partial charge is 0.248 e. The number of amides is 1. The summed E-state index contributed by atoms with van der Waals surface area (Å²) in [6, 6.07) is 1.14. The van der Waals surface area contributed by atoms with Gasteiger partial charge in [-0.25, -0.2) is 9.37 Å². The van der Waals surface area contributed by atoms with E-state index in [9.17, 15) is 9.18 Å². The molecule has 1 aliphatic carbocycles. The Labute approximate surface area is 230 Å². The quantitative estimate of drug-likeness (QED) is 0.332. The van der Waals surface area contributed by atoms with Gasteiger partial charge in [-0.3, -0.25) is 19.8 Å². The van der Waals surface area contributed by atoms with E-state index in [0.29, 0.717) is 43.2 Å². The van der Waals surface area contributed by atoms with Crippen molar-refractivity contribution in [2.24, 2.45) is 0 Å². The number of methoxy groups -OCH3 is 1. The van der Waals surface area contributed by atoms with Gasteiger partial charge in [0, 0.05) is 76.3 Å². The van der Waals surface area contributed by atoms with Crippen molar-refractivity contribution >= 4 is 35.4 Å². The van der Waals surface area contributed by atoms with E-state index >= 15 is 0 Å². The van der Waals surface area contributed by atoms with Crippen molar-refractivity contribution in [2.75, 3.05) is 73.4 Å². The summed E-state index contributed by atoms with van der Waals surface area (Å²) in [6.45, 7) is 4.60. The first-order chi connectivity index (χ1) is 19.6. The van der Waals surface area contributed by atoms with Crippen LogP contribution in [-0.4, -0.2) is 111 Å². The van der Waals surface area contributed by atoms with Crippen LogP contribution in [0.3, 0.4) is 0 Å². The normalized spacial score (nSPS) is 21.6. The average Bonchev–Trinajstić information content (AvgIpc) is 3.59. The zero-order valence-electron chi connectivity index (χ0n) is 22.3. The van der Waals surface area contributed by atoms with Gasteiger partial charge in [0.05, 0.1) is 19.3 Å². The molecule has 1 amide bonds. The average molecular weight is 553 g/mol. The highest BCUT2D eigenvalue weighted by molar-refractivity contribution is 5.96. The number of alkyl halides is 1. The van der Waals surface area contributed by atoms with Crippen molar-refractivity contribution in [1.29, 1.82) is 0 Å². The number of piperazine rings is 1. The third-order valence-corrected chi connectivity index (χ3v) is 7.36. The first kappa shape index (κ1) is 26.3. The maximum absolute atomic E-state index is 14.8. The molecule has 6 rings (SSSR count). The Morgan fingerprint density at radius 3 is 2.70 bits per heavy atom. The molecule has 3 fully saturated rings. The molecule has 40 heavy (non-hydrogen) atoms. The predicted octanol–water partition coefficient (Wildman–Crippen LogP) is 1.33. The number of halogens is 1. The van der Waals surface area contributed by atoms with E-state index in [0.717, 1.165) is 38.2 Å². The van der Waals surface area contributed by atoms with Crippen molar-refractivity contribution < 1.29 is 13.9 Å². The Hall–Kier alpha value is -3.98. The molecule has 3 N–H and O–H groups in total. The Balaban J connectivity index is 1.26. The molecule has 0 spiro atoms. The molecule has 212 valence electrons. The minimum atomic E-state index is -1.22. The summed E-state index contributed by atoms with van der Waals surface area (Å²) in [7, 11) is 1.70. The molecule has 0 radical (unpaired) electrons. The number of rotatable bonds is 10. The third-order valence-electron chi connectivity index (χ3n) is 7.36. The van der Waals surface area contributed by atoms with Gasteiger partial charge in [-0.15, -0.1) is 0 Å².